The van der Waals surface area contributed by atoms with Crippen molar-refractivity contribution in [1.29, 1.82) is 0 Å². The highest BCUT2D eigenvalue weighted by atomic mass is 32.2. The molecule has 0 aromatic carbocycles. The highest BCUT2D eigenvalue weighted by Gasteiger charge is 2.29. The number of carboxylic acid groups (broad SMARTS) is 1. The van der Waals surface area contributed by atoms with Gasteiger partial charge in [0.05, 0.1) is 12.6 Å². The third-order valence-corrected chi connectivity index (χ3v) is 4.50. The van der Waals surface area contributed by atoms with Gasteiger partial charge in [0.15, 0.2) is 0 Å². The number of nitrogens with one attached hydrogen (secondary N) is 3. The number of carbonyl (C=O) groups excluding carboxylic acids is 3. The summed E-state index contributed by atoms with van der Waals surface area (Å²) in [6, 6.07) is -4.22. The maximum atomic E-state index is 12.6. The van der Waals surface area contributed by atoms with Crippen LogP contribution in [0.2, 0.25) is 0 Å². The normalized spacial score (nSPS) is 15.2. The molecule has 3 amide bonds. The Morgan fingerprint density at radius 1 is 0.964 bits per heavy atom. The molecular weight excluding hydrogens is 388 g/mol. The molecule has 4 atom stereocenters. The lowest BCUT2D eigenvalue weighted by Gasteiger charge is -2.24. The van der Waals surface area contributed by atoms with E-state index in [-0.39, 0.29) is 5.92 Å². The van der Waals surface area contributed by atoms with Crippen molar-refractivity contribution in [3.05, 3.63) is 0 Å². The van der Waals surface area contributed by atoms with Gasteiger partial charge in [-0.05, 0) is 37.7 Å². The summed E-state index contributed by atoms with van der Waals surface area (Å²) >= 11 is 1.55. The minimum absolute atomic E-state index is 0.0620. The standard InChI is InChI=1S/C17H32N4O6S/c1-9(2)7-12(20-14(23)11(18)5-6-28-4)15(24)21-13(8-22)16(25)19-10(3)17(26)27/h9-13,22H,5-8,18H2,1-4H3,(H,19,25)(H,20,23)(H,21,24)(H,26,27). The van der Waals surface area contributed by atoms with E-state index < -0.39 is 54.5 Å². The van der Waals surface area contributed by atoms with Crippen LogP contribution in [0.4, 0.5) is 0 Å². The van der Waals surface area contributed by atoms with Crippen molar-refractivity contribution in [1.82, 2.24) is 16.0 Å². The summed E-state index contributed by atoms with van der Waals surface area (Å²) in [5, 5.41) is 25.4. The van der Waals surface area contributed by atoms with Crippen LogP contribution in [-0.2, 0) is 19.2 Å². The number of carboxylic acids is 1. The molecule has 0 aliphatic rings. The molecule has 10 nitrogen and oxygen atoms in total. The number of rotatable bonds is 13. The monoisotopic (exact) mass is 420 g/mol. The topological polar surface area (TPSA) is 171 Å². The number of aliphatic carboxylic acids is 1. The fraction of sp³-hybridized carbons (Fsp3) is 0.765. The lowest BCUT2D eigenvalue weighted by Crippen LogP contribution is -2.58. The van der Waals surface area contributed by atoms with Crippen LogP contribution >= 0.6 is 11.8 Å². The molecule has 0 bridgehead atoms. The van der Waals surface area contributed by atoms with Gasteiger partial charge in [0.25, 0.3) is 0 Å². The highest BCUT2D eigenvalue weighted by molar-refractivity contribution is 7.98. The average molecular weight is 421 g/mol. The van der Waals surface area contributed by atoms with Crippen LogP contribution < -0.4 is 21.7 Å². The van der Waals surface area contributed by atoms with E-state index in [9.17, 15) is 24.3 Å². The number of aliphatic hydroxyl groups excluding tert-OH is 1. The molecule has 0 aliphatic carbocycles. The van der Waals surface area contributed by atoms with E-state index in [0.29, 0.717) is 18.6 Å². The average Bonchev–Trinajstić information content (AvgIpc) is 2.62. The van der Waals surface area contributed by atoms with Gasteiger partial charge >= 0.3 is 5.97 Å². The van der Waals surface area contributed by atoms with Gasteiger partial charge in [-0.25, -0.2) is 0 Å². The van der Waals surface area contributed by atoms with Crippen LogP contribution in [0, 0.1) is 5.92 Å². The Hall–Kier alpha value is -1.85. The van der Waals surface area contributed by atoms with Crippen molar-refractivity contribution in [2.24, 2.45) is 11.7 Å². The van der Waals surface area contributed by atoms with E-state index in [1.165, 1.54) is 6.92 Å². The summed E-state index contributed by atoms with van der Waals surface area (Å²) in [7, 11) is 0. The van der Waals surface area contributed by atoms with Gasteiger partial charge in [0.1, 0.15) is 18.1 Å². The Bertz CT molecular complexity index is 546. The van der Waals surface area contributed by atoms with Gasteiger partial charge in [-0.15, -0.1) is 0 Å². The smallest absolute Gasteiger partial charge is 0.325 e. The van der Waals surface area contributed by atoms with Crippen LogP contribution in [0.3, 0.4) is 0 Å². The zero-order valence-electron chi connectivity index (χ0n) is 16.7. The number of aliphatic hydroxyl groups is 1. The Balaban J connectivity index is 5.04. The molecule has 4 unspecified atom stereocenters. The first kappa shape index (κ1) is 26.1. The maximum Gasteiger partial charge on any atom is 0.325 e. The van der Waals surface area contributed by atoms with E-state index in [1.54, 1.807) is 11.8 Å². The third-order valence-electron chi connectivity index (χ3n) is 3.85. The van der Waals surface area contributed by atoms with Crippen molar-refractivity contribution < 1.29 is 29.4 Å². The minimum atomic E-state index is -1.34. The van der Waals surface area contributed by atoms with E-state index in [4.69, 9.17) is 10.8 Å². The molecule has 0 fully saturated rings. The number of amides is 3. The van der Waals surface area contributed by atoms with Crippen molar-refractivity contribution in [3.8, 4) is 0 Å². The highest BCUT2D eigenvalue weighted by Crippen LogP contribution is 2.07. The second-order valence-electron chi connectivity index (χ2n) is 6.89. The van der Waals surface area contributed by atoms with Crippen LogP contribution in [0.1, 0.15) is 33.6 Å². The van der Waals surface area contributed by atoms with Crippen LogP contribution in [-0.4, -0.2) is 76.7 Å². The summed E-state index contributed by atoms with van der Waals surface area (Å²) in [4.78, 5) is 47.7. The predicted octanol–water partition coefficient (Wildman–Crippen LogP) is -1.34. The van der Waals surface area contributed by atoms with Gasteiger partial charge in [0.2, 0.25) is 17.7 Å². The second-order valence-corrected chi connectivity index (χ2v) is 7.88. The van der Waals surface area contributed by atoms with Gasteiger partial charge in [-0.3, -0.25) is 19.2 Å². The molecule has 0 aliphatic heterocycles. The quantitative estimate of drug-likeness (QED) is 0.213. The van der Waals surface area contributed by atoms with E-state index in [1.807, 2.05) is 20.1 Å². The predicted molar refractivity (Wildman–Crippen MR) is 107 cm³/mol. The van der Waals surface area contributed by atoms with Crippen LogP contribution in [0.5, 0.6) is 0 Å². The van der Waals surface area contributed by atoms with Crippen molar-refractivity contribution in [3.63, 3.8) is 0 Å². The number of hydrogen-bond donors (Lipinski definition) is 6. The Kier molecular flexibility index (Phi) is 12.5. The van der Waals surface area contributed by atoms with E-state index in [0.717, 1.165) is 0 Å². The summed E-state index contributed by atoms with van der Waals surface area (Å²) in [6.45, 7) is 4.27. The molecule has 7 N–H and O–H groups in total. The summed E-state index contributed by atoms with van der Waals surface area (Å²) in [5.41, 5.74) is 5.82. The van der Waals surface area contributed by atoms with Crippen LogP contribution in [0.15, 0.2) is 0 Å². The number of hydrogen-bond acceptors (Lipinski definition) is 7. The lowest BCUT2D eigenvalue weighted by atomic mass is 10.0. The Morgan fingerprint density at radius 2 is 1.50 bits per heavy atom. The molecule has 0 aromatic heterocycles. The van der Waals surface area contributed by atoms with E-state index in [2.05, 4.69) is 16.0 Å². The van der Waals surface area contributed by atoms with Crippen molar-refractivity contribution >= 4 is 35.5 Å². The second kappa shape index (κ2) is 13.3. The fourth-order valence-electron chi connectivity index (χ4n) is 2.20. The van der Waals surface area contributed by atoms with Crippen molar-refractivity contribution in [2.45, 2.75) is 57.8 Å². The molecule has 162 valence electrons. The Morgan fingerprint density at radius 3 is 1.96 bits per heavy atom. The fourth-order valence-corrected chi connectivity index (χ4v) is 2.69. The van der Waals surface area contributed by atoms with Gasteiger partial charge < -0.3 is 31.9 Å². The molecule has 0 rings (SSSR count). The van der Waals surface area contributed by atoms with Crippen molar-refractivity contribution in [2.75, 3.05) is 18.6 Å². The zero-order chi connectivity index (χ0) is 21.9. The third kappa shape index (κ3) is 9.90. The first-order valence-electron chi connectivity index (χ1n) is 9.02. The lowest BCUT2D eigenvalue weighted by molar-refractivity contribution is -0.142. The summed E-state index contributed by atoms with van der Waals surface area (Å²) < 4.78 is 0. The summed E-state index contributed by atoms with van der Waals surface area (Å²) in [5.74, 6) is -2.45. The molecule has 0 heterocycles. The molecule has 11 heteroatoms. The Labute approximate surface area is 169 Å². The SMILES string of the molecule is CSCCC(N)C(=O)NC(CC(C)C)C(=O)NC(CO)C(=O)NC(C)C(=O)O. The molecule has 0 saturated heterocycles. The molecule has 0 aromatic rings. The molecule has 0 spiro atoms. The largest absolute Gasteiger partial charge is 0.480 e. The summed E-state index contributed by atoms with van der Waals surface area (Å²) in [6.07, 6.45) is 2.65. The first-order valence-corrected chi connectivity index (χ1v) is 10.4. The molecule has 28 heavy (non-hydrogen) atoms. The van der Waals surface area contributed by atoms with Gasteiger partial charge in [-0.2, -0.15) is 11.8 Å². The number of thioether (sulfide) groups is 1. The van der Waals surface area contributed by atoms with E-state index >= 15 is 0 Å². The molecule has 0 radical (unpaired) electrons. The first-order chi connectivity index (χ1) is 13.0. The zero-order valence-corrected chi connectivity index (χ0v) is 17.5. The van der Waals surface area contributed by atoms with Crippen LogP contribution in [0.25, 0.3) is 0 Å². The minimum Gasteiger partial charge on any atom is -0.480 e. The van der Waals surface area contributed by atoms with Gasteiger partial charge in [-0.1, -0.05) is 13.8 Å². The molecule has 0 saturated carbocycles. The number of carbonyl (C=O) groups is 4. The number of nitrogens with two attached hydrogens (primary N) is 1. The molecular formula is C17H32N4O6S. The van der Waals surface area contributed by atoms with Gasteiger partial charge in [0, 0.05) is 0 Å². The maximum absolute atomic E-state index is 12.6.